The van der Waals surface area contributed by atoms with E-state index in [1.165, 1.54) is 22.0 Å². The number of hydrogen-bond acceptors (Lipinski definition) is 5. The van der Waals surface area contributed by atoms with Crippen LogP contribution in [0.25, 0.3) is 22.4 Å². The minimum absolute atomic E-state index is 0.00146. The maximum Gasteiger partial charge on any atom is 0.299 e. The van der Waals surface area contributed by atoms with E-state index < -0.39 is 0 Å². The zero-order chi connectivity index (χ0) is 22.1. The summed E-state index contributed by atoms with van der Waals surface area (Å²) in [5.41, 5.74) is 5.00. The Hall–Kier alpha value is -3.74. The number of para-hydroxylation sites is 1. The molecule has 0 unspecified atom stereocenters. The molecule has 1 amide bonds. The van der Waals surface area contributed by atoms with Crippen molar-refractivity contribution in [2.75, 3.05) is 11.4 Å². The van der Waals surface area contributed by atoms with Gasteiger partial charge in [0.15, 0.2) is 0 Å². The van der Waals surface area contributed by atoms with Crippen molar-refractivity contribution in [2.24, 2.45) is 0 Å². The molecule has 0 aliphatic carbocycles. The maximum atomic E-state index is 12.9. The summed E-state index contributed by atoms with van der Waals surface area (Å²) < 4.78 is 6.78. The highest BCUT2D eigenvalue weighted by Gasteiger charge is 2.22. The summed E-state index contributed by atoms with van der Waals surface area (Å²) in [7, 11) is 0. The van der Waals surface area contributed by atoms with Crippen molar-refractivity contribution in [1.29, 1.82) is 0 Å². The number of benzene rings is 2. The average Bonchev–Trinajstić information content (AvgIpc) is 3.28. The van der Waals surface area contributed by atoms with E-state index in [0.717, 1.165) is 30.5 Å². The van der Waals surface area contributed by atoms with Crippen LogP contribution in [-0.4, -0.2) is 27.2 Å². The molecule has 7 heteroatoms. The number of aryl methyl sites for hydroxylation is 3. The van der Waals surface area contributed by atoms with Gasteiger partial charge in [0.1, 0.15) is 11.2 Å². The van der Waals surface area contributed by atoms with Gasteiger partial charge in [-0.15, -0.1) is 0 Å². The largest absolute Gasteiger partial charge is 0.348 e. The maximum absolute atomic E-state index is 12.9. The van der Waals surface area contributed by atoms with Crippen LogP contribution >= 0.6 is 0 Å². The first-order valence-electron chi connectivity index (χ1n) is 11.0. The second kappa shape index (κ2) is 8.42. The molecule has 1 aliphatic rings. The number of hydrogen-bond donors (Lipinski definition) is 0. The van der Waals surface area contributed by atoms with E-state index >= 15 is 0 Å². The number of rotatable bonds is 5. The van der Waals surface area contributed by atoms with Crippen LogP contribution in [-0.2, 0) is 24.2 Å². The average molecular weight is 428 g/mol. The number of carbonyl (C=O) groups is 1. The number of anilines is 1. The fourth-order valence-electron chi connectivity index (χ4n) is 4.25. The minimum Gasteiger partial charge on any atom is -0.348 e. The molecular weight excluding hydrogens is 404 g/mol. The Morgan fingerprint density at radius 3 is 2.75 bits per heavy atom. The molecule has 3 heterocycles. The smallest absolute Gasteiger partial charge is 0.299 e. The van der Waals surface area contributed by atoms with Gasteiger partial charge in [-0.2, -0.15) is 0 Å². The second-order valence-corrected chi connectivity index (χ2v) is 8.03. The molecule has 7 nitrogen and oxygen atoms in total. The Kier molecular flexibility index (Phi) is 5.31. The molecule has 32 heavy (non-hydrogen) atoms. The minimum atomic E-state index is -0.328. The van der Waals surface area contributed by atoms with Gasteiger partial charge in [0.25, 0.3) is 11.1 Å². The summed E-state index contributed by atoms with van der Waals surface area (Å²) >= 11 is 0. The van der Waals surface area contributed by atoms with Gasteiger partial charge >= 0.3 is 0 Å². The van der Waals surface area contributed by atoms with Crippen LogP contribution in [0.15, 0.2) is 64.2 Å². The van der Waals surface area contributed by atoms with Gasteiger partial charge in [0, 0.05) is 30.8 Å². The topological polar surface area (TPSA) is 81.2 Å². The monoisotopic (exact) mass is 428 g/mol. The number of aromatic nitrogens is 3. The van der Waals surface area contributed by atoms with Crippen LogP contribution in [0.1, 0.15) is 30.9 Å². The van der Waals surface area contributed by atoms with Crippen molar-refractivity contribution in [3.05, 3.63) is 76.3 Å². The summed E-state index contributed by atoms with van der Waals surface area (Å²) in [6.45, 7) is 3.03. The molecule has 0 atom stereocenters. The fourth-order valence-corrected chi connectivity index (χ4v) is 4.25. The zero-order valence-corrected chi connectivity index (χ0v) is 18.0. The molecule has 2 aromatic carbocycles. The molecule has 2 aromatic heterocycles. The standard InChI is InChI=1S/C25H24N4O3/c1-2-17-9-11-19(12-10-17)22-23-24(32-27-22)25(31)28(16-26-23)15-13-21(30)29-14-5-7-18-6-3-4-8-20(18)29/h3-4,6,8-12,16H,2,5,7,13-15H2,1H3. The van der Waals surface area contributed by atoms with Crippen molar-refractivity contribution < 1.29 is 9.32 Å². The van der Waals surface area contributed by atoms with E-state index in [9.17, 15) is 9.59 Å². The highest BCUT2D eigenvalue weighted by molar-refractivity contribution is 5.94. The van der Waals surface area contributed by atoms with E-state index in [-0.39, 0.29) is 30.0 Å². The first kappa shape index (κ1) is 20.2. The fraction of sp³-hybridized carbons (Fsp3) is 0.280. The summed E-state index contributed by atoms with van der Waals surface area (Å²) in [6.07, 6.45) is 4.56. The van der Waals surface area contributed by atoms with Gasteiger partial charge in [-0.1, -0.05) is 54.5 Å². The lowest BCUT2D eigenvalue weighted by atomic mass is 10.0. The number of carbonyl (C=O) groups excluding carboxylic acids is 1. The molecular formula is C25H24N4O3. The van der Waals surface area contributed by atoms with Gasteiger partial charge in [0.2, 0.25) is 5.91 Å². The third-order valence-corrected chi connectivity index (χ3v) is 6.06. The summed E-state index contributed by atoms with van der Waals surface area (Å²) in [5.74, 6) is -0.00146. The van der Waals surface area contributed by atoms with Crippen molar-refractivity contribution in [3.63, 3.8) is 0 Å². The number of nitrogens with zero attached hydrogens (tertiary/aromatic N) is 4. The first-order chi connectivity index (χ1) is 15.7. The van der Waals surface area contributed by atoms with Crippen molar-refractivity contribution in [1.82, 2.24) is 14.7 Å². The van der Waals surface area contributed by atoms with Gasteiger partial charge in [-0.3, -0.25) is 14.2 Å². The van der Waals surface area contributed by atoms with Gasteiger partial charge < -0.3 is 9.42 Å². The Balaban J connectivity index is 1.36. The molecule has 1 aliphatic heterocycles. The predicted octanol–water partition coefficient (Wildman–Crippen LogP) is 3.98. The summed E-state index contributed by atoms with van der Waals surface area (Å²) in [6, 6.07) is 16.0. The third-order valence-electron chi connectivity index (χ3n) is 6.06. The van der Waals surface area contributed by atoms with Crippen molar-refractivity contribution in [3.8, 4) is 11.3 Å². The van der Waals surface area contributed by atoms with Crippen LogP contribution in [0.5, 0.6) is 0 Å². The summed E-state index contributed by atoms with van der Waals surface area (Å²) in [4.78, 5) is 32.1. The van der Waals surface area contributed by atoms with Crippen LogP contribution in [0.3, 0.4) is 0 Å². The molecule has 0 saturated carbocycles. The second-order valence-electron chi connectivity index (χ2n) is 8.03. The highest BCUT2D eigenvalue weighted by atomic mass is 16.5. The molecule has 0 radical (unpaired) electrons. The molecule has 5 rings (SSSR count). The molecule has 0 N–H and O–H groups in total. The van der Waals surface area contributed by atoms with Gasteiger partial charge in [-0.25, -0.2) is 4.98 Å². The van der Waals surface area contributed by atoms with E-state index in [2.05, 4.69) is 23.1 Å². The third kappa shape index (κ3) is 3.60. The zero-order valence-electron chi connectivity index (χ0n) is 18.0. The lowest BCUT2D eigenvalue weighted by Crippen LogP contribution is -2.36. The lowest BCUT2D eigenvalue weighted by molar-refractivity contribution is -0.118. The Morgan fingerprint density at radius 1 is 1.12 bits per heavy atom. The van der Waals surface area contributed by atoms with E-state index in [1.807, 2.05) is 47.4 Å². The Morgan fingerprint density at radius 2 is 1.94 bits per heavy atom. The van der Waals surface area contributed by atoms with Gasteiger partial charge in [0.05, 0.1) is 6.33 Å². The van der Waals surface area contributed by atoms with Crippen LogP contribution in [0, 0.1) is 0 Å². The predicted molar refractivity (Wildman–Crippen MR) is 123 cm³/mol. The van der Waals surface area contributed by atoms with Crippen molar-refractivity contribution in [2.45, 2.75) is 39.2 Å². The number of fused-ring (bicyclic) bond motifs is 2. The number of amides is 1. The molecule has 162 valence electrons. The van der Waals surface area contributed by atoms with Crippen molar-refractivity contribution >= 4 is 22.7 Å². The van der Waals surface area contributed by atoms with Crippen LogP contribution < -0.4 is 10.5 Å². The Labute approximate surface area is 185 Å². The van der Waals surface area contributed by atoms with E-state index in [1.54, 1.807) is 0 Å². The molecule has 0 spiro atoms. The highest BCUT2D eigenvalue weighted by Crippen LogP contribution is 2.27. The first-order valence-corrected chi connectivity index (χ1v) is 11.0. The lowest BCUT2D eigenvalue weighted by Gasteiger charge is -2.29. The molecule has 4 aromatic rings. The van der Waals surface area contributed by atoms with Crippen LogP contribution in [0.2, 0.25) is 0 Å². The normalized spacial score (nSPS) is 13.3. The SMILES string of the molecule is CCc1ccc(-c2noc3c(=O)n(CCC(=O)N4CCCc5ccccc54)cnc23)cc1. The molecule has 0 bridgehead atoms. The molecule has 0 saturated heterocycles. The van der Waals surface area contributed by atoms with Gasteiger partial charge in [-0.05, 0) is 36.5 Å². The van der Waals surface area contributed by atoms with E-state index in [0.29, 0.717) is 17.8 Å². The Bertz CT molecular complexity index is 1340. The quantitative estimate of drug-likeness (QED) is 0.480. The van der Waals surface area contributed by atoms with Crippen LogP contribution in [0.4, 0.5) is 5.69 Å². The molecule has 0 fully saturated rings. The van der Waals surface area contributed by atoms with E-state index in [4.69, 9.17) is 4.52 Å². The summed E-state index contributed by atoms with van der Waals surface area (Å²) in [5, 5.41) is 4.09.